The van der Waals surface area contributed by atoms with Gasteiger partial charge in [0.15, 0.2) is 0 Å². The Kier molecular flexibility index (Phi) is 3.19. The maximum atomic E-state index is 12.5. The first kappa shape index (κ1) is 13.1. The highest BCUT2D eigenvalue weighted by Crippen LogP contribution is 2.29. The van der Waals surface area contributed by atoms with E-state index in [9.17, 15) is 8.42 Å². The highest BCUT2D eigenvalue weighted by atomic mass is 35.5. The second-order valence-electron chi connectivity index (χ2n) is 4.17. The first-order chi connectivity index (χ1) is 9.60. The van der Waals surface area contributed by atoms with Gasteiger partial charge in [-0.25, -0.2) is 13.1 Å². The molecule has 1 aromatic heterocycles. The van der Waals surface area contributed by atoms with Gasteiger partial charge in [0.2, 0.25) is 14.7 Å². The molecule has 3 rings (SSSR count). The molecule has 0 spiro atoms. The molecule has 0 aliphatic rings. The minimum atomic E-state index is -3.73. The molecule has 1 unspecified atom stereocenters. The van der Waals surface area contributed by atoms with E-state index in [-0.39, 0.29) is 4.90 Å². The standard InChI is InChI=1S/C13H10ClN3O2S/c14-13(20(18,19)10-6-2-1-3-7-10)17-12-9-5-4-8-11(12)15-16-17/h1-9,13H. The van der Waals surface area contributed by atoms with E-state index in [4.69, 9.17) is 11.6 Å². The lowest BCUT2D eigenvalue weighted by Crippen LogP contribution is -2.16. The highest BCUT2D eigenvalue weighted by molar-refractivity contribution is 7.92. The minimum absolute atomic E-state index is 0.152. The molecule has 5 nitrogen and oxygen atoms in total. The van der Waals surface area contributed by atoms with Gasteiger partial charge in [0.05, 0.1) is 10.4 Å². The van der Waals surface area contributed by atoms with Crippen LogP contribution in [0.2, 0.25) is 0 Å². The van der Waals surface area contributed by atoms with Crippen molar-refractivity contribution in [3.63, 3.8) is 0 Å². The molecule has 0 amide bonds. The molecule has 0 N–H and O–H groups in total. The summed E-state index contributed by atoms with van der Waals surface area (Å²) in [6.45, 7) is 0. The summed E-state index contributed by atoms with van der Waals surface area (Å²) < 4.78 is 26.1. The van der Waals surface area contributed by atoms with Crippen LogP contribution in [0.3, 0.4) is 0 Å². The Hall–Kier alpha value is -1.92. The van der Waals surface area contributed by atoms with Crippen LogP contribution in [-0.2, 0) is 9.84 Å². The summed E-state index contributed by atoms with van der Waals surface area (Å²) >= 11 is 6.13. The van der Waals surface area contributed by atoms with Gasteiger partial charge < -0.3 is 0 Å². The number of sulfone groups is 1. The van der Waals surface area contributed by atoms with Crippen LogP contribution < -0.4 is 0 Å². The number of fused-ring (bicyclic) bond motifs is 1. The van der Waals surface area contributed by atoms with E-state index >= 15 is 0 Å². The second-order valence-corrected chi connectivity index (χ2v) is 6.85. The van der Waals surface area contributed by atoms with Crippen molar-refractivity contribution < 1.29 is 8.42 Å². The Balaban J connectivity index is 2.11. The molecule has 0 saturated heterocycles. The van der Waals surface area contributed by atoms with Crippen LogP contribution in [0.5, 0.6) is 0 Å². The summed E-state index contributed by atoms with van der Waals surface area (Å²) in [5.74, 6) is 0. The van der Waals surface area contributed by atoms with Gasteiger partial charge in [-0.2, -0.15) is 0 Å². The van der Waals surface area contributed by atoms with Crippen LogP contribution in [0.25, 0.3) is 11.0 Å². The predicted molar refractivity (Wildman–Crippen MR) is 76.0 cm³/mol. The third kappa shape index (κ3) is 2.07. The fourth-order valence-corrected chi connectivity index (χ4v) is 3.52. The van der Waals surface area contributed by atoms with Gasteiger partial charge in [-0.1, -0.05) is 47.1 Å². The molecule has 7 heteroatoms. The third-order valence-corrected chi connectivity index (χ3v) is 5.43. The van der Waals surface area contributed by atoms with Crippen LogP contribution in [0.4, 0.5) is 0 Å². The molecule has 0 radical (unpaired) electrons. The van der Waals surface area contributed by atoms with Crippen LogP contribution >= 0.6 is 11.6 Å². The first-order valence-electron chi connectivity index (χ1n) is 5.83. The zero-order valence-corrected chi connectivity index (χ0v) is 11.8. The molecule has 102 valence electrons. The van der Waals surface area contributed by atoms with E-state index < -0.39 is 14.7 Å². The lowest BCUT2D eigenvalue weighted by Gasteiger charge is -2.11. The average Bonchev–Trinajstić information content (AvgIpc) is 2.91. The quantitative estimate of drug-likeness (QED) is 0.698. The van der Waals surface area contributed by atoms with Gasteiger partial charge in [0.25, 0.3) is 0 Å². The Labute approximate surface area is 120 Å². The number of rotatable bonds is 3. The van der Waals surface area contributed by atoms with Crippen molar-refractivity contribution in [2.24, 2.45) is 0 Å². The summed E-state index contributed by atoms with van der Waals surface area (Å²) in [4.78, 5) is -1.18. The predicted octanol–water partition coefficient (Wildman–Crippen LogP) is 2.60. The molecule has 0 saturated carbocycles. The number of para-hydroxylation sites is 1. The molecule has 1 heterocycles. The molecule has 1 atom stereocenters. The van der Waals surface area contributed by atoms with E-state index in [1.54, 1.807) is 42.5 Å². The van der Waals surface area contributed by atoms with Gasteiger partial charge in [0, 0.05) is 0 Å². The third-order valence-electron chi connectivity index (χ3n) is 2.90. The minimum Gasteiger partial charge on any atom is -0.220 e. The molecule has 3 aromatic rings. The monoisotopic (exact) mass is 307 g/mol. The molecular formula is C13H10ClN3O2S. The van der Waals surface area contributed by atoms with Gasteiger partial charge in [0.1, 0.15) is 5.52 Å². The summed E-state index contributed by atoms with van der Waals surface area (Å²) in [5.41, 5.74) is 1.17. The number of nitrogens with zero attached hydrogens (tertiary/aromatic N) is 3. The summed E-state index contributed by atoms with van der Waals surface area (Å²) in [7, 11) is -3.73. The molecule has 2 aromatic carbocycles. The lowest BCUT2D eigenvalue weighted by atomic mass is 10.3. The Morgan fingerprint density at radius 3 is 2.40 bits per heavy atom. The fraction of sp³-hybridized carbons (Fsp3) is 0.0769. The molecule has 20 heavy (non-hydrogen) atoms. The summed E-state index contributed by atoms with van der Waals surface area (Å²) in [5, 5.41) is 7.75. The maximum absolute atomic E-state index is 12.5. The van der Waals surface area contributed by atoms with Crippen molar-refractivity contribution in [3.8, 4) is 0 Å². The van der Waals surface area contributed by atoms with Crippen molar-refractivity contribution in [2.45, 2.75) is 9.73 Å². The normalized spacial score (nSPS) is 13.4. The number of benzene rings is 2. The van der Waals surface area contributed by atoms with E-state index in [2.05, 4.69) is 10.3 Å². The SMILES string of the molecule is O=S(=O)(c1ccccc1)C(Cl)n1nnc2ccccc21. The van der Waals surface area contributed by atoms with Gasteiger partial charge in [-0.3, -0.25) is 0 Å². The molecule has 0 fully saturated rings. The Morgan fingerprint density at radius 1 is 1.00 bits per heavy atom. The summed E-state index contributed by atoms with van der Waals surface area (Å²) in [6.07, 6.45) is 0. The van der Waals surface area contributed by atoms with E-state index in [1.165, 1.54) is 16.8 Å². The number of hydrogen-bond acceptors (Lipinski definition) is 4. The highest BCUT2D eigenvalue weighted by Gasteiger charge is 2.29. The summed E-state index contributed by atoms with van der Waals surface area (Å²) in [6, 6.07) is 15.1. The van der Waals surface area contributed by atoms with Crippen molar-refractivity contribution >= 4 is 32.5 Å². The van der Waals surface area contributed by atoms with Crippen LogP contribution in [0.1, 0.15) is 4.83 Å². The van der Waals surface area contributed by atoms with Gasteiger partial charge in [-0.05, 0) is 24.3 Å². The van der Waals surface area contributed by atoms with E-state index in [0.29, 0.717) is 11.0 Å². The molecular weight excluding hydrogens is 298 g/mol. The average molecular weight is 308 g/mol. The number of hydrogen-bond donors (Lipinski definition) is 0. The van der Waals surface area contributed by atoms with Gasteiger partial charge in [-0.15, -0.1) is 5.10 Å². The molecule has 0 bridgehead atoms. The van der Waals surface area contributed by atoms with E-state index in [0.717, 1.165) is 0 Å². The fourth-order valence-electron chi connectivity index (χ4n) is 1.89. The first-order valence-corrected chi connectivity index (χ1v) is 7.82. The van der Waals surface area contributed by atoms with Crippen LogP contribution in [0.15, 0.2) is 59.5 Å². The van der Waals surface area contributed by atoms with Crippen molar-refractivity contribution in [3.05, 3.63) is 54.6 Å². The molecule has 0 aliphatic carbocycles. The smallest absolute Gasteiger partial charge is 0.220 e. The van der Waals surface area contributed by atoms with Gasteiger partial charge >= 0.3 is 0 Å². The zero-order chi connectivity index (χ0) is 14.2. The zero-order valence-electron chi connectivity index (χ0n) is 10.2. The van der Waals surface area contributed by atoms with E-state index in [1.807, 2.05) is 0 Å². The second kappa shape index (κ2) is 4.88. The largest absolute Gasteiger partial charge is 0.232 e. The molecule has 0 aliphatic heterocycles. The topological polar surface area (TPSA) is 64.8 Å². The number of aromatic nitrogens is 3. The Bertz CT molecular complexity index is 846. The lowest BCUT2D eigenvalue weighted by molar-refractivity contribution is 0.569. The maximum Gasteiger partial charge on any atom is 0.232 e. The number of alkyl halides is 1. The van der Waals surface area contributed by atoms with Crippen molar-refractivity contribution in [1.82, 2.24) is 15.0 Å². The van der Waals surface area contributed by atoms with Crippen LogP contribution in [-0.4, -0.2) is 23.4 Å². The van der Waals surface area contributed by atoms with Crippen molar-refractivity contribution in [1.29, 1.82) is 0 Å². The number of halogens is 1. The Morgan fingerprint density at radius 2 is 1.65 bits per heavy atom. The van der Waals surface area contributed by atoms with Crippen molar-refractivity contribution in [2.75, 3.05) is 0 Å². The van der Waals surface area contributed by atoms with Crippen LogP contribution in [0, 0.1) is 0 Å².